The zero-order valence-electron chi connectivity index (χ0n) is 11.9. The van der Waals surface area contributed by atoms with Gasteiger partial charge >= 0.3 is 0 Å². The van der Waals surface area contributed by atoms with Crippen LogP contribution in [0.5, 0.6) is 0 Å². The van der Waals surface area contributed by atoms with Gasteiger partial charge in [-0.3, -0.25) is 0 Å². The number of rotatable bonds is 6. The van der Waals surface area contributed by atoms with Gasteiger partial charge in [0.1, 0.15) is 11.6 Å². The summed E-state index contributed by atoms with van der Waals surface area (Å²) in [6, 6.07) is 11.4. The van der Waals surface area contributed by atoms with Crippen molar-refractivity contribution in [3.05, 3.63) is 69.7 Å². The first kappa shape index (κ1) is 16.1. The molecule has 1 atom stereocenters. The van der Waals surface area contributed by atoms with E-state index in [9.17, 15) is 8.78 Å². The molecule has 4 heteroatoms. The Morgan fingerprint density at radius 2 is 1.90 bits per heavy atom. The number of hydrogen-bond donors (Lipinski definition) is 1. The molecule has 0 aliphatic rings. The fourth-order valence-corrected chi connectivity index (χ4v) is 2.77. The Morgan fingerprint density at radius 1 is 1.14 bits per heavy atom. The van der Waals surface area contributed by atoms with Crippen molar-refractivity contribution >= 4 is 15.9 Å². The molecule has 112 valence electrons. The van der Waals surface area contributed by atoms with Crippen molar-refractivity contribution in [1.82, 2.24) is 5.32 Å². The standard InChI is InChI=1S/C17H18BrF2N/c1-2-7-21-17(10-12-5-3-4-6-16(12)20)13-8-14(18)11-15(19)9-13/h3-6,8-9,11,17,21H,2,7,10H2,1H3. The van der Waals surface area contributed by atoms with Gasteiger partial charge in [0, 0.05) is 10.5 Å². The van der Waals surface area contributed by atoms with Gasteiger partial charge in [-0.1, -0.05) is 41.1 Å². The second kappa shape index (κ2) is 7.66. The Kier molecular flexibility index (Phi) is 5.88. The molecule has 0 aliphatic heterocycles. The Balaban J connectivity index is 2.27. The molecule has 2 aromatic carbocycles. The van der Waals surface area contributed by atoms with Gasteiger partial charge in [0.15, 0.2) is 0 Å². The lowest BCUT2D eigenvalue weighted by Crippen LogP contribution is -2.24. The third kappa shape index (κ3) is 4.61. The Bertz CT molecular complexity index is 581. The molecule has 0 saturated heterocycles. The van der Waals surface area contributed by atoms with Crippen molar-refractivity contribution in [2.75, 3.05) is 6.54 Å². The summed E-state index contributed by atoms with van der Waals surface area (Å²) in [5, 5.41) is 3.36. The summed E-state index contributed by atoms with van der Waals surface area (Å²) < 4.78 is 28.1. The molecule has 1 nitrogen and oxygen atoms in total. The maximum Gasteiger partial charge on any atom is 0.126 e. The minimum Gasteiger partial charge on any atom is -0.310 e. The number of nitrogens with one attached hydrogen (secondary N) is 1. The maximum absolute atomic E-state index is 13.8. The van der Waals surface area contributed by atoms with E-state index in [1.54, 1.807) is 12.1 Å². The molecule has 21 heavy (non-hydrogen) atoms. The van der Waals surface area contributed by atoms with Crippen molar-refractivity contribution in [3.8, 4) is 0 Å². The first-order chi connectivity index (χ1) is 10.1. The molecule has 0 saturated carbocycles. The summed E-state index contributed by atoms with van der Waals surface area (Å²) in [6.07, 6.45) is 1.45. The molecule has 0 spiro atoms. The molecule has 1 unspecified atom stereocenters. The Hall–Kier alpha value is -1.26. The summed E-state index contributed by atoms with van der Waals surface area (Å²) in [5.41, 5.74) is 1.45. The predicted octanol–water partition coefficient (Wildman–Crippen LogP) is 5.01. The smallest absolute Gasteiger partial charge is 0.126 e. The van der Waals surface area contributed by atoms with Gasteiger partial charge in [-0.2, -0.15) is 0 Å². The lowest BCUT2D eigenvalue weighted by Gasteiger charge is -2.20. The van der Waals surface area contributed by atoms with E-state index < -0.39 is 0 Å². The Labute approximate surface area is 132 Å². The molecule has 0 aliphatic carbocycles. The van der Waals surface area contributed by atoms with Crippen molar-refractivity contribution in [2.24, 2.45) is 0 Å². The van der Waals surface area contributed by atoms with Crippen LogP contribution in [0.4, 0.5) is 8.78 Å². The second-order valence-corrected chi connectivity index (χ2v) is 5.92. The summed E-state index contributed by atoms with van der Waals surface area (Å²) in [4.78, 5) is 0. The monoisotopic (exact) mass is 353 g/mol. The Morgan fingerprint density at radius 3 is 2.57 bits per heavy atom. The van der Waals surface area contributed by atoms with Gasteiger partial charge in [-0.15, -0.1) is 0 Å². The van der Waals surface area contributed by atoms with Crippen molar-refractivity contribution in [2.45, 2.75) is 25.8 Å². The topological polar surface area (TPSA) is 12.0 Å². The first-order valence-electron chi connectivity index (χ1n) is 7.03. The van der Waals surface area contributed by atoms with Crippen LogP contribution in [0.2, 0.25) is 0 Å². The van der Waals surface area contributed by atoms with Crippen molar-refractivity contribution in [1.29, 1.82) is 0 Å². The first-order valence-corrected chi connectivity index (χ1v) is 7.82. The van der Waals surface area contributed by atoms with E-state index in [4.69, 9.17) is 0 Å². The van der Waals surface area contributed by atoms with Crippen LogP contribution in [-0.2, 0) is 6.42 Å². The number of halogens is 3. The highest BCUT2D eigenvalue weighted by atomic mass is 79.9. The summed E-state index contributed by atoms with van der Waals surface area (Å²) in [6.45, 7) is 2.86. The van der Waals surface area contributed by atoms with E-state index in [2.05, 4.69) is 28.2 Å². The fraction of sp³-hybridized carbons (Fsp3) is 0.294. The third-order valence-electron chi connectivity index (χ3n) is 3.31. The predicted molar refractivity (Wildman–Crippen MR) is 85.2 cm³/mol. The lowest BCUT2D eigenvalue weighted by atomic mass is 9.98. The average molecular weight is 354 g/mol. The molecule has 0 radical (unpaired) electrons. The lowest BCUT2D eigenvalue weighted by molar-refractivity contribution is 0.509. The van der Waals surface area contributed by atoms with Gasteiger partial charge in [0.05, 0.1) is 0 Å². The molecule has 0 amide bonds. The molecule has 1 N–H and O–H groups in total. The molecule has 0 fully saturated rings. The minimum absolute atomic E-state index is 0.117. The third-order valence-corrected chi connectivity index (χ3v) is 3.77. The van der Waals surface area contributed by atoms with Crippen LogP contribution < -0.4 is 5.32 Å². The van der Waals surface area contributed by atoms with Crippen LogP contribution in [0.3, 0.4) is 0 Å². The molecular formula is C17H18BrF2N. The van der Waals surface area contributed by atoms with E-state index in [1.807, 2.05) is 12.1 Å². The van der Waals surface area contributed by atoms with Gasteiger partial charge in [-0.25, -0.2) is 8.78 Å². The summed E-state index contributed by atoms with van der Waals surface area (Å²) in [7, 11) is 0. The van der Waals surface area contributed by atoms with Crippen LogP contribution in [0, 0.1) is 11.6 Å². The van der Waals surface area contributed by atoms with Crippen molar-refractivity contribution in [3.63, 3.8) is 0 Å². The van der Waals surface area contributed by atoms with Crippen LogP contribution in [0.1, 0.15) is 30.5 Å². The van der Waals surface area contributed by atoms with Gasteiger partial charge in [0.25, 0.3) is 0 Å². The van der Waals surface area contributed by atoms with Crippen LogP contribution in [0.25, 0.3) is 0 Å². The van der Waals surface area contributed by atoms with E-state index in [-0.39, 0.29) is 17.7 Å². The molecule has 0 bridgehead atoms. The van der Waals surface area contributed by atoms with Crippen LogP contribution in [-0.4, -0.2) is 6.54 Å². The molecule has 2 rings (SSSR count). The number of hydrogen-bond acceptors (Lipinski definition) is 1. The zero-order valence-corrected chi connectivity index (χ0v) is 13.5. The highest BCUT2D eigenvalue weighted by Gasteiger charge is 2.15. The minimum atomic E-state index is -0.295. The zero-order chi connectivity index (χ0) is 15.2. The van der Waals surface area contributed by atoms with Crippen molar-refractivity contribution < 1.29 is 8.78 Å². The quantitative estimate of drug-likeness (QED) is 0.769. The molecule has 0 aromatic heterocycles. The van der Waals surface area contributed by atoms with Gasteiger partial charge < -0.3 is 5.32 Å². The van der Waals surface area contributed by atoms with Crippen LogP contribution >= 0.6 is 15.9 Å². The summed E-state index contributed by atoms with van der Waals surface area (Å²) >= 11 is 3.31. The molecule has 0 heterocycles. The maximum atomic E-state index is 13.8. The fourth-order valence-electron chi connectivity index (χ4n) is 2.29. The highest BCUT2D eigenvalue weighted by Crippen LogP contribution is 2.24. The molecule has 2 aromatic rings. The summed E-state index contributed by atoms with van der Waals surface area (Å²) in [5.74, 6) is -0.521. The number of benzene rings is 2. The average Bonchev–Trinajstić information content (AvgIpc) is 2.44. The second-order valence-electron chi connectivity index (χ2n) is 5.01. The van der Waals surface area contributed by atoms with Crippen LogP contribution in [0.15, 0.2) is 46.9 Å². The highest BCUT2D eigenvalue weighted by molar-refractivity contribution is 9.10. The van der Waals surface area contributed by atoms with E-state index in [1.165, 1.54) is 18.2 Å². The van der Waals surface area contributed by atoms with E-state index in [0.29, 0.717) is 16.5 Å². The normalized spacial score (nSPS) is 12.4. The van der Waals surface area contributed by atoms with E-state index >= 15 is 0 Å². The largest absolute Gasteiger partial charge is 0.310 e. The van der Waals surface area contributed by atoms with Gasteiger partial charge in [-0.05, 0) is 54.8 Å². The van der Waals surface area contributed by atoms with Gasteiger partial charge in [0.2, 0.25) is 0 Å². The molecular weight excluding hydrogens is 336 g/mol. The van der Waals surface area contributed by atoms with E-state index in [0.717, 1.165) is 18.5 Å². The SMILES string of the molecule is CCCNC(Cc1ccccc1F)c1cc(F)cc(Br)c1.